The van der Waals surface area contributed by atoms with Crippen LogP contribution in [0.1, 0.15) is 29.9 Å². The van der Waals surface area contributed by atoms with E-state index in [2.05, 4.69) is 12.1 Å². The smallest absolute Gasteiger partial charge is 0.166 e. The van der Waals surface area contributed by atoms with Gasteiger partial charge < -0.3 is 14.2 Å². The monoisotopic (exact) mass is 258 g/mol. The van der Waals surface area contributed by atoms with Crippen LogP contribution < -0.4 is 9.47 Å². The van der Waals surface area contributed by atoms with Crippen molar-refractivity contribution in [3.8, 4) is 11.5 Å². The van der Waals surface area contributed by atoms with E-state index in [9.17, 15) is 0 Å². The third kappa shape index (κ3) is 1.38. The lowest BCUT2D eigenvalue weighted by molar-refractivity contribution is 0.111. The fourth-order valence-corrected chi connectivity index (χ4v) is 3.92. The zero-order valence-electron chi connectivity index (χ0n) is 11.3. The minimum absolute atomic E-state index is 0.0501. The summed E-state index contributed by atoms with van der Waals surface area (Å²) in [6.45, 7) is 0. The summed E-state index contributed by atoms with van der Waals surface area (Å²) >= 11 is 0. The first-order chi connectivity index (χ1) is 9.33. The van der Waals surface area contributed by atoms with E-state index in [4.69, 9.17) is 14.2 Å². The van der Waals surface area contributed by atoms with Crippen LogP contribution in [0.4, 0.5) is 0 Å². The van der Waals surface area contributed by atoms with Crippen molar-refractivity contribution < 1.29 is 14.2 Å². The Kier molecular flexibility index (Phi) is 2.32. The zero-order chi connectivity index (χ0) is 13.0. The van der Waals surface area contributed by atoms with Crippen molar-refractivity contribution in [2.75, 3.05) is 14.2 Å². The first kappa shape index (κ1) is 11.2. The highest BCUT2D eigenvalue weighted by molar-refractivity contribution is 5.58. The van der Waals surface area contributed by atoms with Crippen molar-refractivity contribution in [1.29, 1.82) is 0 Å². The molecule has 3 heteroatoms. The quantitative estimate of drug-likeness (QED) is 0.816. The number of ether oxygens (including phenoxy) is 3. The summed E-state index contributed by atoms with van der Waals surface area (Å²) in [5.41, 5.74) is 2.81. The summed E-state index contributed by atoms with van der Waals surface area (Å²) in [5, 5.41) is 0. The van der Waals surface area contributed by atoms with E-state index >= 15 is 0 Å². The van der Waals surface area contributed by atoms with Gasteiger partial charge in [-0.3, -0.25) is 0 Å². The molecule has 0 fully saturated rings. The molecule has 0 saturated carbocycles. The van der Waals surface area contributed by atoms with Crippen LogP contribution in [0.3, 0.4) is 0 Å². The average molecular weight is 258 g/mol. The summed E-state index contributed by atoms with van der Waals surface area (Å²) in [6.07, 6.45) is 5.75. The van der Waals surface area contributed by atoms with Gasteiger partial charge in [0.05, 0.1) is 14.2 Å². The molecule has 0 amide bonds. The molecular weight excluding hydrogens is 240 g/mol. The standard InChI is InChI=1S/C16H18O3/c1-17-11-7-5-9-3-4-10-6-8-12(18-2)16-14(10)13(9)15(11)19-16/h5,7-8,10,14,16H,3-4,6H2,1-2H3. The number of methoxy groups -OCH3 is 2. The van der Waals surface area contributed by atoms with Crippen molar-refractivity contribution in [3.05, 3.63) is 35.1 Å². The number of aryl methyl sites for hydroxylation is 1. The highest BCUT2D eigenvalue weighted by atomic mass is 16.6. The van der Waals surface area contributed by atoms with Crippen molar-refractivity contribution >= 4 is 0 Å². The van der Waals surface area contributed by atoms with Crippen molar-refractivity contribution in [2.24, 2.45) is 5.92 Å². The van der Waals surface area contributed by atoms with E-state index in [1.807, 2.05) is 6.07 Å². The molecule has 3 atom stereocenters. The van der Waals surface area contributed by atoms with E-state index in [0.29, 0.717) is 11.8 Å². The number of benzene rings is 1. The Morgan fingerprint density at radius 2 is 2.11 bits per heavy atom. The van der Waals surface area contributed by atoms with Gasteiger partial charge >= 0.3 is 0 Å². The molecule has 0 spiro atoms. The van der Waals surface area contributed by atoms with Crippen molar-refractivity contribution in [2.45, 2.75) is 31.3 Å². The molecule has 0 bridgehead atoms. The summed E-state index contributed by atoms with van der Waals surface area (Å²) in [5.74, 6) is 3.92. The molecule has 1 heterocycles. The van der Waals surface area contributed by atoms with Gasteiger partial charge in [-0.05, 0) is 42.9 Å². The first-order valence-electron chi connectivity index (χ1n) is 6.94. The molecule has 19 heavy (non-hydrogen) atoms. The Morgan fingerprint density at radius 3 is 2.89 bits per heavy atom. The minimum atomic E-state index is 0.0501. The van der Waals surface area contributed by atoms with Gasteiger partial charge in [-0.1, -0.05) is 6.07 Å². The maximum absolute atomic E-state index is 6.21. The van der Waals surface area contributed by atoms with Crippen LogP contribution in [0.25, 0.3) is 0 Å². The highest BCUT2D eigenvalue weighted by Crippen LogP contribution is 2.56. The Hall–Kier alpha value is -1.64. The maximum Gasteiger partial charge on any atom is 0.166 e. The average Bonchev–Trinajstić information content (AvgIpc) is 2.86. The molecule has 0 radical (unpaired) electrons. The minimum Gasteiger partial charge on any atom is -0.497 e. The Bertz CT molecular complexity index is 561. The largest absolute Gasteiger partial charge is 0.497 e. The predicted molar refractivity (Wildman–Crippen MR) is 71.7 cm³/mol. The van der Waals surface area contributed by atoms with Gasteiger partial charge in [0.15, 0.2) is 17.6 Å². The maximum atomic E-state index is 6.21. The Balaban J connectivity index is 1.90. The van der Waals surface area contributed by atoms with Gasteiger partial charge in [0, 0.05) is 11.5 Å². The van der Waals surface area contributed by atoms with Gasteiger partial charge in [-0.2, -0.15) is 0 Å². The van der Waals surface area contributed by atoms with Gasteiger partial charge in [0.25, 0.3) is 0 Å². The normalized spacial score (nSPS) is 30.2. The number of hydrogen-bond donors (Lipinski definition) is 0. The number of hydrogen-bond acceptors (Lipinski definition) is 3. The first-order valence-corrected chi connectivity index (χ1v) is 6.94. The van der Waals surface area contributed by atoms with Crippen LogP contribution in [0.5, 0.6) is 11.5 Å². The Labute approximate surface area is 113 Å². The molecule has 0 saturated heterocycles. The van der Waals surface area contributed by atoms with Crippen molar-refractivity contribution in [3.63, 3.8) is 0 Å². The third-order valence-electron chi connectivity index (χ3n) is 4.80. The molecule has 1 aliphatic heterocycles. The van der Waals surface area contributed by atoms with Gasteiger partial charge in [-0.15, -0.1) is 0 Å². The van der Waals surface area contributed by atoms with Crippen LogP contribution in [0.15, 0.2) is 24.0 Å². The van der Waals surface area contributed by atoms with E-state index in [0.717, 1.165) is 30.1 Å². The second-order valence-corrected chi connectivity index (χ2v) is 5.58. The van der Waals surface area contributed by atoms with Crippen molar-refractivity contribution in [1.82, 2.24) is 0 Å². The second kappa shape index (κ2) is 3.92. The molecule has 100 valence electrons. The van der Waals surface area contributed by atoms with E-state index in [1.54, 1.807) is 14.2 Å². The molecule has 2 aliphatic carbocycles. The lowest BCUT2D eigenvalue weighted by Gasteiger charge is -2.35. The van der Waals surface area contributed by atoms with Crippen LogP contribution in [0.2, 0.25) is 0 Å². The van der Waals surface area contributed by atoms with Crippen LogP contribution in [-0.2, 0) is 11.2 Å². The van der Waals surface area contributed by atoms with Crippen LogP contribution >= 0.6 is 0 Å². The zero-order valence-corrected chi connectivity index (χ0v) is 11.3. The molecule has 3 aliphatic rings. The lowest BCUT2D eigenvalue weighted by Crippen LogP contribution is -2.33. The topological polar surface area (TPSA) is 27.7 Å². The van der Waals surface area contributed by atoms with E-state index in [-0.39, 0.29) is 6.10 Å². The molecule has 0 N–H and O–H groups in total. The summed E-state index contributed by atoms with van der Waals surface area (Å²) in [6, 6.07) is 4.23. The molecule has 4 rings (SSSR count). The second-order valence-electron chi connectivity index (χ2n) is 5.58. The lowest BCUT2D eigenvalue weighted by atomic mass is 9.69. The molecule has 1 aromatic carbocycles. The van der Waals surface area contributed by atoms with E-state index < -0.39 is 0 Å². The van der Waals surface area contributed by atoms with Gasteiger partial charge in [0.1, 0.15) is 5.76 Å². The summed E-state index contributed by atoms with van der Waals surface area (Å²) < 4.78 is 17.2. The molecular formula is C16H18O3. The summed E-state index contributed by atoms with van der Waals surface area (Å²) in [4.78, 5) is 0. The molecule has 0 aromatic heterocycles. The molecule has 3 unspecified atom stereocenters. The molecule has 1 aromatic rings. The van der Waals surface area contributed by atoms with Crippen LogP contribution in [0, 0.1) is 5.92 Å². The number of rotatable bonds is 2. The SMILES string of the molecule is COC1=CCC2CCc3ccc(OC)c4c3C2C1O4. The van der Waals surface area contributed by atoms with Gasteiger partial charge in [0.2, 0.25) is 0 Å². The summed E-state index contributed by atoms with van der Waals surface area (Å²) in [7, 11) is 3.44. The molecule has 3 nitrogen and oxygen atoms in total. The predicted octanol–water partition coefficient (Wildman–Crippen LogP) is 3.04. The fourth-order valence-electron chi connectivity index (χ4n) is 3.92. The number of allylic oxidation sites excluding steroid dienone is 1. The van der Waals surface area contributed by atoms with Gasteiger partial charge in [-0.25, -0.2) is 0 Å². The highest BCUT2D eigenvalue weighted by Gasteiger charge is 2.48. The van der Waals surface area contributed by atoms with Crippen LogP contribution in [-0.4, -0.2) is 20.3 Å². The Morgan fingerprint density at radius 1 is 1.21 bits per heavy atom. The van der Waals surface area contributed by atoms with E-state index in [1.165, 1.54) is 17.5 Å². The third-order valence-corrected chi connectivity index (χ3v) is 4.80. The fraction of sp³-hybridized carbons (Fsp3) is 0.500.